The Morgan fingerprint density at radius 1 is 1.12 bits per heavy atom. The molecule has 0 spiro atoms. The lowest BCUT2D eigenvalue weighted by atomic mass is 10.1. The van der Waals surface area contributed by atoms with Crippen molar-refractivity contribution < 1.29 is 23.4 Å². The molecule has 0 atom stereocenters. The van der Waals surface area contributed by atoms with Crippen molar-refractivity contribution in [2.45, 2.75) is 4.90 Å². The van der Waals surface area contributed by atoms with E-state index in [1.165, 1.54) is 36.7 Å². The number of pyridine rings is 1. The van der Waals surface area contributed by atoms with Gasteiger partial charge in [-0.3, -0.25) is 9.78 Å². The van der Waals surface area contributed by atoms with Gasteiger partial charge in [-0.25, -0.2) is 27.2 Å². The Kier molecular flexibility index (Phi) is 5.85. The fourth-order valence-corrected chi connectivity index (χ4v) is 4.63. The third-order valence-corrected chi connectivity index (χ3v) is 7.01. The van der Waals surface area contributed by atoms with Crippen molar-refractivity contribution in [3.63, 3.8) is 0 Å². The van der Waals surface area contributed by atoms with Gasteiger partial charge in [-0.05, 0) is 30.3 Å². The van der Waals surface area contributed by atoms with E-state index in [4.69, 9.17) is 11.6 Å². The average Bonchev–Trinajstić information content (AvgIpc) is 3.19. The van der Waals surface area contributed by atoms with Gasteiger partial charge in [0.15, 0.2) is 5.82 Å². The summed E-state index contributed by atoms with van der Waals surface area (Å²) in [4.78, 5) is 28.2. The molecule has 0 fully saturated rings. The first kappa shape index (κ1) is 23.0. The zero-order valence-electron chi connectivity index (χ0n) is 17.4. The van der Waals surface area contributed by atoms with Crippen LogP contribution in [0.15, 0.2) is 70.6 Å². The number of aromatic hydroxyl groups is 2. The van der Waals surface area contributed by atoms with E-state index < -0.39 is 38.0 Å². The second-order valence-electron chi connectivity index (χ2n) is 7.00. The maximum Gasteiger partial charge on any atom is 0.348 e. The van der Waals surface area contributed by atoms with Crippen LogP contribution < -0.4 is 5.69 Å². The van der Waals surface area contributed by atoms with E-state index in [1.807, 2.05) is 0 Å². The topological polar surface area (TPSA) is 158 Å². The molecular formula is C21H16ClN5O6S. The first-order valence-electron chi connectivity index (χ1n) is 9.55. The fraction of sp³-hybridized carbons (Fsp3) is 0.0476. The molecule has 3 N–H and O–H groups in total. The normalized spacial score (nSPS) is 11.4. The van der Waals surface area contributed by atoms with Gasteiger partial charge in [0.05, 0.1) is 21.8 Å². The van der Waals surface area contributed by atoms with Crippen LogP contribution in [0.5, 0.6) is 11.5 Å². The lowest BCUT2D eigenvalue weighted by Gasteiger charge is -2.19. The van der Waals surface area contributed by atoms with Crippen LogP contribution in [0.2, 0.25) is 5.02 Å². The number of rotatable bonds is 5. The van der Waals surface area contributed by atoms with Gasteiger partial charge in [-0.2, -0.15) is 5.10 Å². The minimum absolute atomic E-state index is 0.00641. The summed E-state index contributed by atoms with van der Waals surface area (Å²) in [5, 5.41) is 27.1. The predicted octanol–water partition coefficient (Wildman–Crippen LogP) is 2.15. The third kappa shape index (κ3) is 3.89. The molecule has 0 saturated heterocycles. The Hall–Kier alpha value is -4.16. The number of hydrogen-bond acceptors (Lipinski definition) is 8. The molecule has 0 unspecified atom stereocenters. The number of sulfonamides is 1. The molecule has 2 aromatic carbocycles. The Bertz CT molecular complexity index is 1570. The van der Waals surface area contributed by atoms with Crippen LogP contribution in [0.3, 0.4) is 0 Å². The number of nitrogens with one attached hydrogen (secondary N) is 1. The van der Waals surface area contributed by atoms with Crippen LogP contribution in [-0.4, -0.2) is 55.6 Å². The molecule has 0 aliphatic rings. The molecule has 0 bridgehead atoms. The predicted molar refractivity (Wildman–Crippen MR) is 121 cm³/mol. The molecule has 34 heavy (non-hydrogen) atoms. The molecule has 11 nitrogen and oxygen atoms in total. The molecule has 0 saturated carbocycles. The summed E-state index contributed by atoms with van der Waals surface area (Å²) in [6.45, 7) is 0. The smallest absolute Gasteiger partial charge is 0.348 e. The van der Waals surface area contributed by atoms with E-state index in [9.17, 15) is 28.2 Å². The molecule has 0 aliphatic carbocycles. The number of nitrogens with zero attached hydrogens (tertiary/aromatic N) is 4. The lowest BCUT2D eigenvalue weighted by molar-refractivity contribution is 0.0882. The largest absolute Gasteiger partial charge is 0.507 e. The second-order valence-corrected chi connectivity index (χ2v) is 9.34. The van der Waals surface area contributed by atoms with Crippen molar-refractivity contribution in [1.29, 1.82) is 0 Å². The monoisotopic (exact) mass is 501 g/mol. The summed E-state index contributed by atoms with van der Waals surface area (Å²) < 4.78 is 27.9. The van der Waals surface area contributed by atoms with Crippen molar-refractivity contribution in [3.8, 4) is 28.6 Å². The highest BCUT2D eigenvalue weighted by atomic mass is 35.5. The Morgan fingerprint density at radius 2 is 1.85 bits per heavy atom. The molecular weight excluding hydrogens is 486 g/mol. The van der Waals surface area contributed by atoms with Gasteiger partial charge in [0.2, 0.25) is 0 Å². The molecule has 0 radical (unpaired) electrons. The lowest BCUT2D eigenvalue weighted by Crippen LogP contribution is -2.33. The van der Waals surface area contributed by atoms with E-state index in [0.29, 0.717) is 4.31 Å². The molecule has 13 heteroatoms. The number of aromatic nitrogens is 4. The van der Waals surface area contributed by atoms with Crippen molar-refractivity contribution in [2.75, 3.05) is 7.05 Å². The van der Waals surface area contributed by atoms with Gasteiger partial charge in [0, 0.05) is 25.5 Å². The number of para-hydroxylation sites is 1. The summed E-state index contributed by atoms with van der Waals surface area (Å²) in [7, 11) is -3.58. The number of phenolic OH excluding ortho intramolecular Hbond substituents is 2. The average molecular weight is 502 g/mol. The zero-order chi connectivity index (χ0) is 24.6. The van der Waals surface area contributed by atoms with Gasteiger partial charge in [-0.1, -0.05) is 23.7 Å². The van der Waals surface area contributed by atoms with Crippen LogP contribution in [0, 0.1) is 0 Å². The van der Waals surface area contributed by atoms with Gasteiger partial charge < -0.3 is 10.2 Å². The number of benzene rings is 2. The molecule has 0 aliphatic heterocycles. The third-order valence-electron chi connectivity index (χ3n) is 4.92. The zero-order valence-corrected chi connectivity index (χ0v) is 18.9. The number of phenols is 2. The summed E-state index contributed by atoms with van der Waals surface area (Å²) in [6, 6.07) is 10.9. The number of aromatic amines is 1. The molecule has 4 aromatic rings. The fourth-order valence-electron chi connectivity index (χ4n) is 3.21. The Labute approximate surface area is 197 Å². The van der Waals surface area contributed by atoms with Gasteiger partial charge in [0.25, 0.3) is 15.9 Å². The SMILES string of the molecule is CN(C(=O)c1cccnc1)S(=O)(=O)c1cc(-c2n[nH]c(=O)n2-c2ccccc2Cl)c(O)cc1O. The number of halogens is 1. The van der Waals surface area contributed by atoms with Crippen molar-refractivity contribution in [1.82, 2.24) is 24.1 Å². The maximum atomic E-state index is 13.2. The molecule has 2 aromatic heterocycles. The highest BCUT2D eigenvalue weighted by Gasteiger charge is 2.31. The number of carbonyl (C=O) groups excluding carboxylic acids is 1. The van der Waals surface area contributed by atoms with Crippen LogP contribution in [-0.2, 0) is 10.0 Å². The highest BCUT2D eigenvalue weighted by Crippen LogP contribution is 2.38. The summed E-state index contributed by atoms with van der Waals surface area (Å²) >= 11 is 6.20. The molecule has 1 amide bonds. The summed E-state index contributed by atoms with van der Waals surface area (Å²) in [5.41, 5.74) is -0.689. The summed E-state index contributed by atoms with van der Waals surface area (Å²) in [6.07, 6.45) is 2.62. The van der Waals surface area contributed by atoms with E-state index in [-0.39, 0.29) is 27.7 Å². The van der Waals surface area contributed by atoms with Crippen LogP contribution >= 0.6 is 11.6 Å². The van der Waals surface area contributed by atoms with Crippen LogP contribution in [0.1, 0.15) is 10.4 Å². The first-order chi connectivity index (χ1) is 16.1. The van der Waals surface area contributed by atoms with E-state index in [0.717, 1.165) is 23.7 Å². The molecule has 174 valence electrons. The number of hydrogen-bond donors (Lipinski definition) is 3. The standard InChI is InChI=1S/C21H16ClN5O6S/c1-26(20(30)12-5-4-8-23-11-12)34(32,33)18-9-13(16(28)10-17(18)29)19-24-25-21(31)27(19)15-7-3-2-6-14(15)22/h2-11,28-29H,1H3,(H,25,31). The first-order valence-corrected chi connectivity index (χ1v) is 11.4. The number of carbonyl (C=O) groups is 1. The van der Waals surface area contributed by atoms with Crippen molar-refractivity contribution in [2.24, 2.45) is 0 Å². The van der Waals surface area contributed by atoms with E-state index in [1.54, 1.807) is 12.1 Å². The highest BCUT2D eigenvalue weighted by molar-refractivity contribution is 7.89. The van der Waals surface area contributed by atoms with Gasteiger partial charge in [0.1, 0.15) is 16.4 Å². The number of H-pyrrole nitrogens is 1. The number of amides is 1. The minimum Gasteiger partial charge on any atom is -0.507 e. The van der Waals surface area contributed by atoms with E-state index in [2.05, 4.69) is 15.2 Å². The van der Waals surface area contributed by atoms with Crippen molar-refractivity contribution >= 4 is 27.5 Å². The Morgan fingerprint density at radius 3 is 2.53 bits per heavy atom. The quantitative estimate of drug-likeness (QED) is 0.375. The van der Waals surface area contributed by atoms with Gasteiger partial charge >= 0.3 is 5.69 Å². The molecule has 4 rings (SSSR count). The summed E-state index contributed by atoms with van der Waals surface area (Å²) in [5.74, 6) is -2.44. The van der Waals surface area contributed by atoms with E-state index >= 15 is 0 Å². The van der Waals surface area contributed by atoms with Crippen LogP contribution in [0.4, 0.5) is 0 Å². The van der Waals surface area contributed by atoms with Gasteiger partial charge in [-0.15, -0.1) is 0 Å². The van der Waals surface area contributed by atoms with Crippen LogP contribution in [0.25, 0.3) is 17.1 Å². The van der Waals surface area contributed by atoms with Crippen molar-refractivity contribution in [3.05, 3.63) is 82.0 Å². The second kappa shape index (κ2) is 8.65. The molecule has 2 heterocycles. The minimum atomic E-state index is -4.60. The Balaban J connectivity index is 1.86. The maximum absolute atomic E-state index is 13.2.